The standard InChI is InChI=1S/C45H27N5/c46-28-30-8-7-9-34(22-30)35-23-31(29-47)24-37(25-35)39-19-18-38(40-10-1-2-11-41(39)40)33-16-14-32(15-17-33)36-26-44(42-12-3-5-20-48-42)50-45(27-36)43-13-4-6-21-49-43/h1-27H. The maximum absolute atomic E-state index is 9.93. The molecule has 8 aromatic rings. The van der Waals surface area contributed by atoms with Crippen LogP contribution in [0, 0.1) is 22.7 Å². The van der Waals surface area contributed by atoms with Crippen molar-refractivity contribution in [1.82, 2.24) is 15.0 Å². The molecule has 0 atom stereocenters. The Bertz CT molecular complexity index is 2540. The highest BCUT2D eigenvalue weighted by atomic mass is 14.8. The Balaban J connectivity index is 1.19. The lowest BCUT2D eigenvalue weighted by molar-refractivity contribution is 1.22. The highest BCUT2D eigenvalue weighted by Gasteiger charge is 2.14. The molecule has 0 aliphatic rings. The van der Waals surface area contributed by atoms with E-state index in [1.54, 1.807) is 18.5 Å². The molecular formula is C45H27N5. The van der Waals surface area contributed by atoms with E-state index in [9.17, 15) is 10.5 Å². The maximum atomic E-state index is 9.93. The number of hydrogen-bond donors (Lipinski definition) is 0. The summed E-state index contributed by atoms with van der Waals surface area (Å²) >= 11 is 0. The Morgan fingerprint density at radius 2 is 0.900 bits per heavy atom. The lowest BCUT2D eigenvalue weighted by Crippen LogP contribution is -1.94. The van der Waals surface area contributed by atoms with Gasteiger partial charge in [0.1, 0.15) is 0 Å². The third-order valence-electron chi connectivity index (χ3n) is 8.83. The first-order chi connectivity index (χ1) is 24.7. The number of pyridine rings is 3. The van der Waals surface area contributed by atoms with Crippen molar-refractivity contribution in [2.45, 2.75) is 0 Å². The van der Waals surface area contributed by atoms with Gasteiger partial charge in [-0.25, -0.2) is 4.98 Å². The first-order valence-corrected chi connectivity index (χ1v) is 16.2. The van der Waals surface area contributed by atoms with Gasteiger partial charge >= 0.3 is 0 Å². The maximum Gasteiger partial charge on any atom is 0.0992 e. The van der Waals surface area contributed by atoms with E-state index in [1.165, 1.54) is 0 Å². The summed E-state index contributed by atoms with van der Waals surface area (Å²) in [6.45, 7) is 0. The van der Waals surface area contributed by atoms with Crippen LogP contribution >= 0.6 is 0 Å². The SMILES string of the molecule is N#Cc1cccc(-c2cc(C#N)cc(-c3ccc(-c4ccc(-c5cc(-c6ccccn6)nc(-c6ccccn6)c5)cc4)c4ccccc34)c2)c1. The Kier molecular flexibility index (Phi) is 7.91. The van der Waals surface area contributed by atoms with E-state index in [0.29, 0.717) is 11.1 Å². The van der Waals surface area contributed by atoms with E-state index in [4.69, 9.17) is 4.98 Å². The van der Waals surface area contributed by atoms with Crippen molar-refractivity contribution in [3.05, 3.63) is 175 Å². The second-order valence-corrected chi connectivity index (χ2v) is 11.9. The van der Waals surface area contributed by atoms with Gasteiger partial charge < -0.3 is 0 Å². The number of fused-ring (bicyclic) bond motifs is 1. The van der Waals surface area contributed by atoms with Gasteiger partial charge in [-0.15, -0.1) is 0 Å². The predicted molar refractivity (Wildman–Crippen MR) is 199 cm³/mol. The summed E-state index contributed by atoms with van der Waals surface area (Å²) in [4.78, 5) is 14.0. The quantitative estimate of drug-likeness (QED) is 0.181. The summed E-state index contributed by atoms with van der Waals surface area (Å²) in [5, 5.41) is 21.6. The Hall–Kier alpha value is -7.21. The lowest BCUT2D eigenvalue weighted by atomic mass is 9.89. The molecule has 0 amide bonds. The molecule has 232 valence electrons. The van der Waals surface area contributed by atoms with E-state index >= 15 is 0 Å². The lowest BCUT2D eigenvalue weighted by Gasteiger charge is -2.14. The molecule has 3 heterocycles. The minimum absolute atomic E-state index is 0.567. The first-order valence-electron chi connectivity index (χ1n) is 16.2. The topological polar surface area (TPSA) is 86.2 Å². The van der Waals surface area contributed by atoms with Crippen LogP contribution in [0.3, 0.4) is 0 Å². The van der Waals surface area contributed by atoms with Crippen LogP contribution < -0.4 is 0 Å². The molecule has 0 N–H and O–H groups in total. The minimum Gasteiger partial charge on any atom is -0.255 e. The minimum atomic E-state index is 0.567. The number of aromatic nitrogens is 3. The molecule has 5 aromatic carbocycles. The van der Waals surface area contributed by atoms with Crippen LogP contribution in [0.25, 0.3) is 78.1 Å². The molecular weight excluding hydrogens is 611 g/mol. The molecule has 0 saturated heterocycles. The summed E-state index contributed by atoms with van der Waals surface area (Å²) in [5.41, 5.74) is 12.4. The number of hydrogen-bond acceptors (Lipinski definition) is 5. The van der Waals surface area contributed by atoms with Crippen LogP contribution in [0.15, 0.2) is 164 Å². The van der Waals surface area contributed by atoms with Crippen LogP contribution in [0.1, 0.15) is 11.1 Å². The van der Waals surface area contributed by atoms with Gasteiger partial charge in [0.2, 0.25) is 0 Å². The van der Waals surface area contributed by atoms with Gasteiger partial charge in [-0.05, 0) is 122 Å². The van der Waals surface area contributed by atoms with E-state index in [-0.39, 0.29) is 0 Å². The largest absolute Gasteiger partial charge is 0.255 e. The molecule has 5 nitrogen and oxygen atoms in total. The van der Waals surface area contributed by atoms with Gasteiger partial charge in [0.05, 0.1) is 46.0 Å². The fraction of sp³-hybridized carbons (Fsp3) is 0. The molecule has 3 aromatic heterocycles. The van der Waals surface area contributed by atoms with E-state index < -0.39 is 0 Å². The summed E-state index contributed by atoms with van der Waals surface area (Å²) < 4.78 is 0. The van der Waals surface area contributed by atoms with Crippen LogP contribution in [-0.4, -0.2) is 15.0 Å². The molecule has 0 radical (unpaired) electrons. The number of benzene rings is 5. The van der Waals surface area contributed by atoms with E-state index in [1.807, 2.05) is 72.8 Å². The number of nitrogens with zero attached hydrogens (tertiary/aromatic N) is 5. The van der Waals surface area contributed by atoms with Crippen molar-refractivity contribution in [2.24, 2.45) is 0 Å². The van der Waals surface area contributed by atoms with Crippen LogP contribution in [0.4, 0.5) is 0 Å². The van der Waals surface area contributed by atoms with Gasteiger partial charge in [-0.2, -0.15) is 10.5 Å². The molecule has 0 saturated carbocycles. The molecule has 0 spiro atoms. The zero-order valence-electron chi connectivity index (χ0n) is 26.8. The highest BCUT2D eigenvalue weighted by Crippen LogP contribution is 2.38. The number of nitriles is 2. The molecule has 50 heavy (non-hydrogen) atoms. The Labute approximate surface area is 290 Å². The van der Waals surface area contributed by atoms with E-state index in [2.05, 4.69) is 94.9 Å². The summed E-state index contributed by atoms with van der Waals surface area (Å²) in [6, 6.07) is 55.1. The highest BCUT2D eigenvalue weighted by molar-refractivity contribution is 6.05. The van der Waals surface area contributed by atoms with Crippen molar-refractivity contribution in [2.75, 3.05) is 0 Å². The second-order valence-electron chi connectivity index (χ2n) is 11.9. The van der Waals surface area contributed by atoms with Crippen molar-refractivity contribution in [1.29, 1.82) is 10.5 Å². The molecule has 0 aliphatic carbocycles. The molecule has 5 heteroatoms. The second kappa shape index (κ2) is 13.1. The monoisotopic (exact) mass is 637 g/mol. The Morgan fingerprint density at radius 1 is 0.360 bits per heavy atom. The fourth-order valence-corrected chi connectivity index (χ4v) is 6.42. The zero-order chi connectivity index (χ0) is 33.9. The van der Waals surface area contributed by atoms with Crippen LogP contribution in [0.2, 0.25) is 0 Å². The summed E-state index contributed by atoms with van der Waals surface area (Å²) in [5.74, 6) is 0. The normalized spacial score (nSPS) is 10.8. The fourth-order valence-electron chi connectivity index (χ4n) is 6.42. The van der Waals surface area contributed by atoms with Crippen molar-refractivity contribution in [3.63, 3.8) is 0 Å². The summed E-state index contributed by atoms with van der Waals surface area (Å²) in [7, 11) is 0. The average Bonchev–Trinajstić information content (AvgIpc) is 3.20. The number of rotatable bonds is 6. The van der Waals surface area contributed by atoms with Gasteiger partial charge in [0.25, 0.3) is 0 Å². The first kappa shape index (κ1) is 30.1. The van der Waals surface area contributed by atoms with Crippen molar-refractivity contribution >= 4 is 10.8 Å². The Morgan fingerprint density at radius 3 is 1.50 bits per heavy atom. The molecule has 8 rings (SSSR count). The van der Waals surface area contributed by atoms with E-state index in [0.717, 1.165) is 78.1 Å². The third-order valence-corrected chi connectivity index (χ3v) is 8.83. The van der Waals surface area contributed by atoms with Gasteiger partial charge in [-0.3, -0.25) is 9.97 Å². The zero-order valence-corrected chi connectivity index (χ0v) is 26.8. The molecule has 0 aliphatic heterocycles. The predicted octanol–water partition coefficient (Wildman–Crippen LogP) is 10.8. The van der Waals surface area contributed by atoms with Crippen LogP contribution in [0.5, 0.6) is 0 Å². The van der Waals surface area contributed by atoms with Gasteiger partial charge in [-0.1, -0.05) is 84.9 Å². The van der Waals surface area contributed by atoms with Crippen molar-refractivity contribution < 1.29 is 0 Å². The molecule has 0 bridgehead atoms. The smallest absolute Gasteiger partial charge is 0.0992 e. The van der Waals surface area contributed by atoms with Crippen molar-refractivity contribution in [3.8, 4) is 79.4 Å². The molecule has 0 fully saturated rings. The summed E-state index contributed by atoms with van der Waals surface area (Å²) in [6.07, 6.45) is 3.56. The third kappa shape index (κ3) is 5.88. The molecule has 0 unspecified atom stereocenters. The van der Waals surface area contributed by atoms with Crippen LogP contribution in [-0.2, 0) is 0 Å². The van der Waals surface area contributed by atoms with Gasteiger partial charge in [0, 0.05) is 12.4 Å². The van der Waals surface area contributed by atoms with Gasteiger partial charge in [0.15, 0.2) is 0 Å². The average molecular weight is 638 g/mol.